The Bertz CT molecular complexity index is 873. The average Bonchev–Trinajstić information content (AvgIpc) is 3.17. The lowest BCUT2D eigenvalue weighted by molar-refractivity contribution is -0.118. The number of amides is 1. The molecule has 1 amide bonds. The van der Waals surface area contributed by atoms with Crippen LogP contribution in [-0.2, 0) is 17.9 Å². The summed E-state index contributed by atoms with van der Waals surface area (Å²) in [5, 5.41) is 19.6. The van der Waals surface area contributed by atoms with Gasteiger partial charge in [0, 0.05) is 18.9 Å². The van der Waals surface area contributed by atoms with Crippen LogP contribution in [0.1, 0.15) is 30.0 Å². The highest BCUT2D eigenvalue weighted by atomic mass is 32.2. The SMILES string of the molecule is O=C(CSc1nnnn1C1CC1)NCc1ccccc1Cn1cccn1. The number of carbonyl (C=O) groups is 1. The van der Waals surface area contributed by atoms with E-state index in [2.05, 4.69) is 32.0 Å². The van der Waals surface area contributed by atoms with Gasteiger partial charge in [0.1, 0.15) is 0 Å². The van der Waals surface area contributed by atoms with Crippen molar-refractivity contribution < 1.29 is 4.79 Å². The Labute approximate surface area is 155 Å². The van der Waals surface area contributed by atoms with Crippen molar-refractivity contribution in [2.75, 3.05) is 5.75 Å². The first-order valence-electron chi connectivity index (χ1n) is 8.51. The maximum absolute atomic E-state index is 12.2. The van der Waals surface area contributed by atoms with E-state index in [1.807, 2.05) is 39.8 Å². The van der Waals surface area contributed by atoms with Crippen LogP contribution in [0, 0.1) is 0 Å². The number of hydrogen-bond acceptors (Lipinski definition) is 6. The van der Waals surface area contributed by atoms with E-state index in [1.54, 1.807) is 6.20 Å². The van der Waals surface area contributed by atoms with E-state index in [9.17, 15) is 4.79 Å². The van der Waals surface area contributed by atoms with Crippen LogP contribution in [-0.4, -0.2) is 41.6 Å². The first kappa shape index (κ1) is 16.8. The van der Waals surface area contributed by atoms with Crippen molar-refractivity contribution in [1.82, 2.24) is 35.3 Å². The zero-order valence-electron chi connectivity index (χ0n) is 14.2. The molecule has 1 aliphatic rings. The lowest BCUT2D eigenvalue weighted by Gasteiger charge is -2.11. The van der Waals surface area contributed by atoms with Crippen LogP contribution < -0.4 is 5.32 Å². The lowest BCUT2D eigenvalue weighted by atomic mass is 10.1. The zero-order chi connectivity index (χ0) is 17.8. The summed E-state index contributed by atoms with van der Waals surface area (Å²) in [6, 6.07) is 10.4. The monoisotopic (exact) mass is 369 g/mol. The zero-order valence-corrected chi connectivity index (χ0v) is 15.0. The van der Waals surface area contributed by atoms with Gasteiger partial charge in [-0.3, -0.25) is 9.48 Å². The molecule has 26 heavy (non-hydrogen) atoms. The summed E-state index contributed by atoms with van der Waals surface area (Å²) in [5.74, 6) is 0.267. The van der Waals surface area contributed by atoms with Crippen LogP contribution in [0.15, 0.2) is 47.9 Å². The maximum Gasteiger partial charge on any atom is 0.230 e. The highest BCUT2D eigenvalue weighted by Gasteiger charge is 2.28. The van der Waals surface area contributed by atoms with Gasteiger partial charge in [-0.05, 0) is 40.5 Å². The summed E-state index contributed by atoms with van der Waals surface area (Å²) >= 11 is 1.37. The second kappa shape index (κ2) is 7.69. The van der Waals surface area contributed by atoms with E-state index >= 15 is 0 Å². The Morgan fingerprint density at radius 1 is 1.23 bits per heavy atom. The Morgan fingerprint density at radius 2 is 2.08 bits per heavy atom. The molecular formula is C17H19N7OS. The summed E-state index contributed by atoms with van der Waals surface area (Å²) in [6.45, 7) is 1.17. The topological polar surface area (TPSA) is 90.5 Å². The number of hydrogen-bond donors (Lipinski definition) is 1. The van der Waals surface area contributed by atoms with E-state index in [-0.39, 0.29) is 5.91 Å². The molecule has 4 rings (SSSR count). The van der Waals surface area contributed by atoms with E-state index < -0.39 is 0 Å². The third kappa shape index (κ3) is 4.10. The van der Waals surface area contributed by atoms with E-state index in [0.29, 0.717) is 30.0 Å². The van der Waals surface area contributed by atoms with Gasteiger partial charge < -0.3 is 5.32 Å². The summed E-state index contributed by atoms with van der Waals surface area (Å²) in [4.78, 5) is 12.2. The fourth-order valence-electron chi connectivity index (χ4n) is 2.66. The van der Waals surface area contributed by atoms with Crippen molar-refractivity contribution in [2.24, 2.45) is 0 Å². The summed E-state index contributed by atoms with van der Waals surface area (Å²) in [7, 11) is 0. The largest absolute Gasteiger partial charge is 0.351 e. The number of nitrogens with one attached hydrogen (secondary N) is 1. The van der Waals surface area contributed by atoms with Crippen molar-refractivity contribution in [3.05, 3.63) is 53.9 Å². The minimum atomic E-state index is -0.0331. The molecule has 134 valence electrons. The second-order valence-electron chi connectivity index (χ2n) is 6.17. The molecule has 0 saturated heterocycles. The smallest absolute Gasteiger partial charge is 0.230 e. The molecule has 0 radical (unpaired) electrons. The molecule has 0 atom stereocenters. The van der Waals surface area contributed by atoms with E-state index in [4.69, 9.17) is 0 Å². The van der Waals surface area contributed by atoms with Gasteiger partial charge in [-0.1, -0.05) is 36.0 Å². The molecular weight excluding hydrogens is 350 g/mol. The summed E-state index contributed by atoms with van der Waals surface area (Å²) in [6.07, 6.45) is 5.91. The van der Waals surface area contributed by atoms with Gasteiger partial charge in [0.15, 0.2) is 0 Å². The minimum absolute atomic E-state index is 0.0331. The minimum Gasteiger partial charge on any atom is -0.351 e. The van der Waals surface area contributed by atoms with Crippen LogP contribution in [0.2, 0.25) is 0 Å². The van der Waals surface area contributed by atoms with Crippen LogP contribution in [0.4, 0.5) is 0 Å². The van der Waals surface area contributed by atoms with Crippen LogP contribution in [0.3, 0.4) is 0 Å². The highest BCUT2D eigenvalue weighted by Crippen LogP contribution is 2.36. The molecule has 1 aromatic carbocycles. The maximum atomic E-state index is 12.2. The van der Waals surface area contributed by atoms with Gasteiger partial charge in [0.05, 0.1) is 18.3 Å². The fourth-order valence-corrected chi connectivity index (χ4v) is 3.43. The quantitative estimate of drug-likeness (QED) is 0.607. The number of carbonyl (C=O) groups excluding carboxylic acids is 1. The first-order chi connectivity index (χ1) is 12.8. The molecule has 2 aromatic heterocycles. The number of aromatic nitrogens is 6. The molecule has 1 saturated carbocycles. The molecule has 9 heteroatoms. The number of benzene rings is 1. The molecule has 8 nitrogen and oxygen atoms in total. The van der Waals surface area contributed by atoms with Gasteiger partial charge in [-0.2, -0.15) is 5.10 Å². The number of nitrogens with zero attached hydrogens (tertiary/aromatic N) is 6. The van der Waals surface area contributed by atoms with Gasteiger partial charge in [-0.25, -0.2) is 4.68 Å². The van der Waals surface area contributed by atoms with Crippen LogP contribution in [0.25, 0.3) is 0 Å². The van der Waals surface area contributed by atoms with Gasteiger partial charge in [0.25, 0.3) is 0 Å². The average molecular weight is 369 g/mol. The molecule has 1 fully saturated rings. The van der Waals surface area contributed by atoms with Crippen LogP contribution in [0.5, 0.6) is 0 Å². The number of thioether (sulfide) groups is 1. The second-order valence-corrected chi connectivity index (χ2v) is 7.12. The van der Waals surface area contributed by atoms with Gasteiger partial charge >= 0.3 is 0 Å². The predicted molar refractivity (Wildman–Crippen MR) is 96.4 cm³/mol. The molecule has 0 aliphatic heterocycles. The number of rotatable bonds is 8. The normalized spacial score (nSPS) is 13.7. The molecule has 0 unspecified atom stereocenters. The Kier molecular flexibility index (Phi) is 4.96. The Morgan fingerprint density at radius 3 is 2.85 bits per heavy atom. The highest BCUT2D eigenvalue weighted by molar-refractivity contribution is 7.99. The third-order valence-electron chi connectivity index (χ3n) is 4.17. The van der Waals surface area contributed by atoms with Crippen molar-refractivity contribution in [1.29, 1.82) is 0 Å². The van der Waals surface area contributed by atoms with E-state index in [0.717, 1.165) is 24.0 Å². The van der Waals surface area contributed by atoms with Gasteiger partial charge in [-0.15, -0.1) is 5.10 Å². The molecule has 0 spiro atoms. The molecule has 3 aromatic rings. The Hall–Kier alpha value is -2.68. The first-order valence-corrected chi connectivity index (χ1v) is 9.50. The third-order valence-corrected chi connectivity index (χ3v) is 5.11. The Balaban J connectivity index is 1.31. The fraction of sp³-hybridized carbons (Fsp3) is 0.353. The van der Waals surface area contributed by atoms with Crippen molar-refractivity contribution >= 4 is 17.7 Å². The molecule has 2 heterocycles. The molecule has 1 N–H and O–H groups in total. The van der Waals surface area contributed by atoms with Crippen molar-refractivity contribution in [3.63, 3.8) is 0 Å². The van der Waals surface area contributed by atoms with Crippen molar-refractivity contribution in [2.45, 2.75) is 37.1 Å². The standard InChI is InChI=1S/C17H19N7OS/c25-16(12-26-17-20-21-22-24(17)15-6-7-15)18-10-13-4-1-2-5-14(13)11-23-9-3-8-19-23/h1-5,8-9,15H,6-7,10-12H2,(H,18,25). The molecule has 0 bridgehead atoms. The van der Waals surface area contributed by atoms with Crippen LogP contribution >= 0.6 is 11.8 Å². The lowest BCUT2D eigenvalue weighted by Crippen LogP contribution is -2.25. The predicted octanol–water partition coefficient (Wildman–Crippen LogP) is 1.66. The summed E-state index contributed by atoms with van der Waals surface area (Å²) in [5.41, 5.74) is 2.23. The van der Waals surface area contributed by atoms with E-state index in [1.165, 1.54) is 11.8 Å². The van der Waals surface area contributed by atoms with Crippen molar-refractivity contribution in [3.8, 4) is 0 Å². The van der Waals surface area contributed by atoms with Gasteiger partial charge in [0.2, 0.25) is 11.1 Å². The molecule has 1 aliphatic carbocycles. The number of tetrazole rings is 1. The summed E-state index contributed by atoms with van der Waals surface area (Å²) < 4.78 is 3.69.